The molecule has 1 aromatic heterocycles. The Balaban J connectivity index is 2.06. The van der Waals surface area contributed by atoms with Gasteiger partial charge in [-0.2, -0.15) is 0 Å². The fraction of sp³-hybridized carbons (Fsp3) is 0.600. The topological polar surface area (TPSA) is 30.0 Å². The molecule has 0 amide bonds. The van der Waals surface area contributed by atoms with Crippen LogP contribution in [0.5, 0.6) is 0 Å². The number of Topliss-reactive ketones (excluding diaryl/α,β-unsaturated/α-hetero) is 1. The second-order valence-corrected chi connectivity index (χ2v) is 4.89. The summed E-state index contributed by atoms with van der Waals surface area (Å²) < 4.78 is 0. The number of aryl methyl sites for hydroxylation is 1. The van der Waals surface area contributed by atoms with E-state index in [4.69, 9.17) is 0 Å². The third-order valence-corrected chi connectivity index (χ3v) is 3.61. The number of hydrogen-bond donors (Lipinski definition) is 0. The summed E-state index contributed by atoms with van der Waals surface area (Å²) >= 11 is 1.77. The predicted molar refractivity (Wildman–Crippen MR) is 53.1 cm³/mol. The van der Waals surface area contributed by atoms with Gasteiger partial charge in [0.2, 0.25) is 0 Å². The zero-order valence-electron chi connectivity index (χ0n) is 7.75. The lowest BCUT2D eigenvalue weighted by Crippen LogP contribution is -2.11. The van der Waals surface area contributed by atoms with Crippen LogP contribution in [-0.2, 0) is 4.79 Å². The molecule has 1 saturated carbocycles. The van der Waals surface area contributed by atoms with Crippen molar-refractivity contribution in [2.45, 2.75) is 38.5 Å². The summed E-state index contributed by atoms with van der Waals surface area (Å²) in [5.41, 5.74) is 0. The van der Waals surface area contributed by atoms with Crippen LogP contribution in [0.25, 0.3) is 0 Å². The Morgan fingerprint density at radius 3 is 2.69 bits per heavy atom. The van der Waals surface area contributed by atoms with Crippen LogP contribution < -0.4 is 0 Å². The van der Waals surface area contributed by atoms with Crippen LogP contribution in [0, 0.1) is 6.92 Å². The van der Waals surface area contributed by atoms with Gasteiger partial charge in [0.1, 0.15) is 5.78 Å². The molecule has 0 radical (unpaired) electrons. The minimum Gasteiger partial charge on any atom is -0.300 e. The molecule has 1 aromatic rings. The van der Waals surface area contributed by atoms with Crippen molar-refractivity contribution in [1.82, 2.24) is 4.98 Å². The number of carbonyl (C=O) groups is 1. The molecule has 0 atom stereocenters. The first-order valence-electron chi connectivity index (χ1n) is 4.70. The third-order valence-electron chi connectivity index (χ3n) is 2.53. The van der Waals surface area contributed by atoms with Crippen molar-refractivity contribution in [3.63, 3.8) is 0 Å². The fourth-order valence-corrected chi connectivity index (χ4v) is 2.69. The highest BCUT2D eigenvalue weighted by Gasteiger charge is 2.22. The Kier molecular flexibility index (Phi) is 2.44. The summed E-state index contributed by atoms with van der Waals surface area (Å²) in [6, 6.07) is 0. The van der Waals surface area contributed by atoms with Crippen LogP contribution in [0.4, 0.5) is 0 Å². The summed E-state index contributed by atoms with van der Waals surface area (Å²) in [6.07, 6.45) is 5.45. The molecule has 70 valence electrons. The molecule has 0 unspecified atom stereocenters. The average Bonchev–Trinajstić information content (AvgIpc) is 2.53. The van der Waals surface area contributed by atoms with Gasteiger partial charge < -0.3 is 0 Å². The second kappa shape index (κ2) is 3.58. The van der Waals surface area contributed by atoms with E-state index in [2.05, 4.69) is 11.9 Å². The molecule has 0 spiro atoms. The molecular formula is C10H13NOS. The normalized spacial score (nSPS) is 19.3. The first-order valence-corrected chi connectivity index (χ1v) is 5.51. The molecule has 2 nitrogen and oxygen atoms in total. The molecule has 0 N–H and O–H groups in total. The number of aromatic nitrogens is 1. The van der Waals surface area contributed by atoms with E-state index >= 15 is 0 Å². The second-order valence-electron chi connectivity index (χ2n) is 3.62. The minimum absolute atomic E-state index is 0.421. The van der Waals surface area contributed by atoms with E-state index in [9.17, 15) is 4.79 Å². The number of ketones is 1. The van der Waals surface area contributed by atoms with Crippen molar-refractivity contribution >= 4 is 17.1 Å². The van der Waals surface area contributed by atoms with Gasteiger partial charge in [0.25, 0.3) is 0 Å². The maximum absolute atomic E-state index is 11.0. The van der Waals surface area contributed by atoms with Crippen molar-refractivity contribution < 1.29 is 4.79 Å². The lowest BCUT2D eigenvalue weighted by Gasteiger charge is -2.18. The van der Waals surface area contributed by atoms with Crippen molar-refractivity contribution in [3.05, 3.63) is 16.1 Å². The van der Waals surface area contributed by atoms with Crippen molar-refractivity contribution in [2.75, 3.05) is 0 Å². The Hall–Kier alpha value is -0.700. The number of nitrogens with zero attached hydrogens (tertiary/aromatic N) is 1. The molecule has 1 fully saturated rings. The monoisotopic (exact) mass is 195 g/mol. The lowest BCUT2D eigenvalue weighted by molar-refractivity contribution is -0.120. The van der Waals surface area contributed by atoms with Gasteiger partial charge in [0.05, 0.1) is 5.01 Å². The number of hydrogen-bond acceptors (Lipinski definition) is 3. The van der Waals surface area contributed by atoms with Crippen LogP contribution in [0.1, 0.15) is 41.5 Å². The molecule has 0 bridgehead atoms. The van der Waals surface area contributed by atoms with Crippen molar-refractivity contribution in [2.24, 2.45) is 0 Å². The summed E-state index contributed by atoms with van der Waals surface area (Å²) in [5, 5.41) is 1.23. The Labute approximate surface area is 82.0 Å². The number of thiazole rings is 1. The first kappa shape index (κ1) is 8.88. The number of carbonyl (C=O) groups excluding carboxylic acids is 1. The molecule has 1 aliphatic rings. The van der Waals surface area contributed by atoms with Gasteiger partial charge in [0.15, 0.2) is 0 Å². The maximum Gasteiger partial charge on any atom is 0.132 e. The largest absolute Gasteiger partial charge is 0.300 e. The lowest BCUT2D eigenvalue weighted by atomic mass is 9.89. The van der Waals surface area contributed by atoms with Gasteiger partial charge in [-0.25, -0.2) is 4.98 Å². The van der Waals surface area contributed by atoms with Gasteiger partial charge in [-0.1, -0.05) is 0 Å². The summed E-state index contributed by atoms with van der Waals surface area (Å²) in [4.78, 5) is 16.7. The molecule has 13 heavy (non-hydrogen) atoms. The maximum atomic E-state index is 11.0. The van der Waals surface area contributed by atoms with E-state index in [1.54, 1.807) is 11.3 Å². The molecule has 1 heterocycles. The third kappa shape index (κ3) is 1.97. The Morgan fingerprint density at radius 2 is 2.15 bits per heavy atom. The van der Waals surface area contributed by atoms with E-state index in [0.717, 1.165) is 25.7 Å². The minimum atomic E-state index is 0.421. The first-order chi connectivity index (χ1) is 6.25. The van der Waals surface area contributed by atoms with Crippen LogP contribution >= 0.6 is 11.3 Å². The quantitative estimate of drug-likeness (QED) is 0.689. The van der Waals surface area contributed by atoms with E-state index in [-0.39, 0.29) is 0 Å². The van der Waals surface area contributed by atoms with Crippen LogP contribution in [-0.4, -0.2) is 10.8 Å². The highest BCUT2D eigenvalue weighted by Crippen LogP contribution is 2.33. The van der Waals surface area contributed by atoms with Gasteiger partial charge in [-0.3, -0.25) is 4.79 Å². The Bertz CT molecular complexity index is 308. The van der Waals surface area contributed by atoms with Crippen molar-refractivity contribution in [1.29, 1.82) is 0 Å². The molecule has 0 saturated heterocycles. The van der Waals surface area contributed by atoms with E-state index in [0.29, 0.717) is 11.7 Å². The zero-order chi connectivity index (χ0) is 9.26. The zero-order valence-corrected chi connectivity index (χ0v) is 8.56. The molecular weight excluding hydrogens is 182 g/mol. The van der Waals surface area contributed by atoms with Gasteiger partial charge in [-0.15, -0.1) is 11.3 Å². The Morgan fingerprint density at radius 1 is 1.46 bits per heavy atom. The van der Waals surface area contributed by atoms with Crippen LogP contribution in [0.15, 0.2) is 6.20 Å². The summed E-state index contributed by atoms with van der Waals surface area (Å²) in [5.74, 6) is 0.973. The fourth-order valence-electron chi connectivity index (χ4n) is 1.75. The average molecular weight is 195 g/mol. The standard InChI is InChI=1S/C10H13NOS/c1-7-6-11-10(13-7)8-2-4-9(12)5-3-8/h6,8H,2-5H2,1H3. The SMILES string of the molecule is Cc1cnc(C2CCC(=O)CC2)s1. The van der Waals surface area contributed by atoms with E-state index in [1.165, 1.54) is 9.88 Å². The summed E-state index contributed by atoms with van der Waals surface area (Å²) in [6.45, 7) is 2.08. The molecule has 1 aliphatic carbocycles. The number of rotatable bonds is 1. The summed E-state index contributed by atoms with van der Waals surface area (Å²) in [7, 11) is 0. The van der Waals surface area contributed by atoms with Crippen LogP contribution in [0.3, 0.4) is 0 Å². The molecule has 0 aliphatic heterocycles. The molecule has 2 rings (SSSR count). The highest BCUT2D eigenvalue weighted by atomic mass is 32.1. The van der Waals surface area contributed by atoms with E-state index < -0.39 is 0 Å². The molecule has 3 heteroatoms. The van der Waals surface area contributed by atoms with Gasteiger partial charge in [-0.05, 0) is 19.8 Å². The smallest absolute Gasteiger partial charge is 0.132 e. The van der Waals surface area contributed by atoms with Gasteiger partial charge in [0, 0.05) is 29.8 Å². The van der Waals surface area contributed by atoms with Gasteiger partial charge >= 0.3 is 0 Å². The molecule has 0 aromatic carbocycles. The predicted octanol–water partition coefficient (Wildman–Crippen LogP) is 2.68. The van der Waals surface area contributed by atoms with Crippen molar-refractivity contribution in [3.8, 4) is 0 Å². The highest BCUT2D eigenvalue weighted by molar-refractivity contribution is 7.11. The van der Waals surface area contributed by atoms with Crippen LogP contribution in [0.2, 0.25) is 0 Å². The van der Waals surface area contributed by atoms with E-state index in [1.807, 2.05) is 6.20 Å².